The number of nitrogens with zero attached hydrogens (tertiary/aromatic N) is 2. The summed E-state index contributed by atoms with van der Waals surface area (Å²) in [6, 6.07) is 21.2. The summed E-state index contributed by atoms with van der Waals surface area (Å²) in [5, 5.41) is 6.56. The molecule has 6 nitrogen and oxygen atoms in total. The Kier molecular flexibility index (Phi) is 6.17. The van der Waals surface area contributed by atoms with Crippen molar-refractivity contribution in [1.29, 1.82) is 0 Å². The number of benzene rings is 2. The molecule has 0 spiro atoms. The van der Waals surface area contributed by atoms with Gasteiger partial charge in [0.25, 0.3) is 0 Å². The van der Waals surface area contributed by atoms with Crippen LogP contribution in [0.2, 0.25) is 0 Å². The molecule has 0 saturated carbocycles. The maximum atomic E-state index is 13.4. The van der Waals surface area contributed by atoms with E-state index in [4.69, 9.17) is 4.52 Å². The third kappa shape index (κ3) is 4.63. The number of rotatable bonds is 6. The third-order valence-electron chi connectivity index (χ3n) is 5.18. The molecule has 1 fully saturated rings. The largest absolute Gasteiger partial charge is 0.360 e. The molecule has 2 heterocycles. The van der Waals surface area contributed by atoms with E-state index < -0.39 is 11.0 Å². The Morgan fingerprint density at radius 1 is 1.07 bits per heavy atom. The Hall–Kier alpha value is -2.77. The van der Waals surface area contributed by atoms with Gasteiger partial charge in [0, 0.05) is 18.7 Å². The first kappa shape index (κ1) is 19.5. The average molecular weight is 410 g/mol. The summed E-state index contributed by atoms with van der Waals surface area (Å²) in [6.45, 7) is 0.739. The van der Waals surface area contributed by atoms with Gasteiger partial charge in [-0.25, -0.2) is 8.51 Å². The lowest BCUT2D eigenvalue weighted by atomic mass is 9.90. The van der Waals surface area contributed by atoms with Crippen molar-refractivity contribution in [3.63, 3.8) is 0 Å². The average Bonchev–Trinajstić information content (AvgIpc) is 3.31. The van der Waals surface area contributed by atoms with Crippen molar-refractivity contribution >= 4 is 16.9 Å². The van der Waals surface area contributed by atoms with E-state index in [9.17, 15) is 9.00 Å². The predicted molar refractivity (Wildman–Crippen MR) is 110 cm³/mol. The minimum atomic E-state index is -1.35. The summed E-state index contributed by atoms with van der Waals surface area (Å²) < 4.78 is 20.4. The minimum absolute atomic E-state index is 0.00978. The van der Waals surface area contributed by atoms with Gasteiger partial charge in [-0.05, 0) is 30.5 Å². The zero-order valence-electron chi connectivity index (χ0n) is 15.9. The Labute approximate surface area is 172 Å². The molecule has 1 amide bonds. The first-order valence-corrected chi connectivity index (χ1v) is 10.8. The minimum Gasteiger partial charge on any atom is -0.360 e. The highest BCUT2D eigenvalue weighted by atomic mass is 32.2. The standard InChI is InChI=1S/C22H23N3O3S/c26-22(23-15-19-13-14-24-28-19)18-11-12-21(17-7-3-1-4-8-17)25(16-18)29(27)20-9-5-2-6-10-20/h1-10,13-14,18,21H,11-12,15-16H2,(H,23,26). The van der Waals surface area contributed by atoms with Crippen LogP contribution in [-0.4, -0.2) is 26.1 Å². The van der Waals surface area contributed by atoms with E-state index in [-0.39, 0.29) is 17.9 Å². The van der Waals surface area contributed by atoms with Crippen LogP contribution in [0, 0.1) is 5.92 Å². The van der Waals surface area contributed by atoms with Gasteiger partial charge >= 0.3 is 0 Å². The quantitative estimate of drug-likeness (QED) is 0.676. The van der Waals surface area contributed by atoms with Gasteiger partial charge in [-0.2, -0.15) is 0 Å². The highest BCUT2D eigenvalue weighted by Gasteiger charge is 2.36. The van der Waals surface area contributed by atoms with Crippen LogP contribution < -0.4 is 5.32 Å². The molecule has 1 aromatic heterocycles. The summed E-state index contributed by atoms with van der Waals surface area (Å²) in [6.07, 6.45) is 3.06. The van der Waals surface area contributed by atoms with E-state index in [2.05, 4.69) is 22.6 Å². The maximum absolute atomic E-state index is 13.4. The van der Waals surface area contributed by atoms with Crippen molar-refractivity contribution in [2.75, 3.05) is 6.54 Å². The van der Waals surface area contributed by atoms with Crippen molar-refractivity contribution < 1.29 is 13.5 Å². The van der Waals surface area contributed by atoms with E-state index in [0.717, 1.165) is 23.3 Å². The zero-order chi connectivity index (χ0) is 20.1. The van der Waals surface area contributed by atoms with Crippen molar-refractivity contribution in [1.82, 2.24) is 14.8 Å². The second-order valence-electron chi connectivity index (χ2n) is 7.06. The van der Waals surface area contributed by atoms with Crippen LogP contribution >= 0.6 is 0 Å². The molecule has 1 saturated heterocycles. The van der Waals surface area contributed by atoms with Gasteiger partial charge in [-0.1, -0.05) is 53.7 Å². The third-order valence-corrected chi connectivity index (χ3v) is 6.68. The van der Waals surface area contributed by atoms with Crippen LogP contribution in [0.15, 0.2) is 82.3 Å². The van der Waals surface area contributed by atoms with Gasteiger partial charge < -0.3 is 9.84 Å². The molecule has 1 aliphatic heterocycles. The van der Waals surface area contributed by atoms with Gasteiger partial charge in [0.1, 0.15) is 11.0 Å². The number of hydrogen-bond acceptors (Lipinski definition) is 4. The van der Waals surface area contributed by atoms with Crippen LogP contribution in [0.5, 0.6) is 0 Å². The molecule has 2 aromatic carbocycles. The van der Waals surface area contributed by atoms with Crippen LogP contribution in [0.4, 0.5) is 0 Å². The molecule has 29 heavy (non-hydrogen) atoms. The monoisotopic (exact) mass is 409 g/mol. The number of carbonyl (C=O) groups excluding carboxylic acids is 1. The molecule has 0 aliphatic carbocycles. The highest BCUT2D eigenvalue weighted by molar-refractivity contribution is 7.82. The lowest BCUT2D eigenvalue weighted by molar-refractivity contribution is -0.126. The molecule has 3 unspecified atom stereocenters. The predicted octanol–water partition coefficient (Wildman–Crippen LogP) is 3.47. The Morgan fingerprint density at radius 3 is 2.48 bits per heavy atom. The smallest absolute Gasteiger partial charge is 0.224 e. The van der Waals surface area contributed by atoms with E-state index in [1.807, 2.05) is 52.8 Å². The first-order valence-electron chi connectivity index (χ1n) is 9.68. The molecule has 0 bridgehead atoms. The second kappa shape index (κ2) is 9.15. The van der Waals surface area contributed by atoms with Gasteiger partial charge in [-0.3, -0.25) is 4.79 Å². The van der Waals surface area contributed by atoms with E-state index in [1.165, 1.54) is 0 Å². The normalized spacial score (nSPS) is 20.8. The van der Waals surface area contributed by atoms with Crippen LogP contribution in [0.1, 0.15) is 30.2 Å². The molecule has 3 atom stereocenters. The Bertz CT molecular complexity index is 948. The number of amides is 1. The molecular weight excluding hydrogens is 386 g/mol. The highest BCUT2D eigenvalue weighted by Crippen LogP contribution is 2.36. The van der Waals surface area contributed by atoms with E-state index in [0.29, 0.717) is 18.8 Å². The topological polar surface area (TPSA) is 75.4 Å². The van der Waals surface area contributed by atoms with Crippen molar-refractivity contribution in [3.8, 4) is 0 Å². The number of carbonyl (C=O) groups is 1. The molecule has 150 valence electrons. The maximum Gasteiger partial charge on any atom is 0.224 e. The summed E-state index contributed by atoms with van der Waals surface area (Å²) >= 11 is 0. The van der Waals surface area contributed by atoms with Crippen LogP contribution in [0.25, 0.3) is 0 Å². The van der Waals surface area contributed by atoms with Gasteiger partial charge in [0.2, 0.25) is 5.91 Å². The van der Waals surface area contributed by atoms with E-state index >= 15 is 0 Å². The summed E-state index contributed by atoms with van der Waals surface area (Å²) in [5.41, 5.74) is 1.12. The lowest BCUT2D eigenvalue weighted by Crippen LogP contribution is -2.45. The molecular formula is C22H23N3O3S. The Balaban J connectivity index is 1.52. The number of aromatic nitrogens is 1. The van der Waals surface area contributed by atoms with Crippen LogP contribution in [0.3, 0.4) is 0 Å². The first-order chi connectivity index (χ1) is 14.2. The summed E-state index contributed by atoms with van der Waals surface area (Å²) in [7, 11) is -1.35. The van der Waals surface area contributed by atoms with Gasteiger partial charge in [0.15, 0.2) is 5.76 Å². The molecule has 1 aliphatic rings. The fourth-order valence-corrected chi connectivity index (χ4v) is 5.10. The van der Waals surface area contributed by atoms with Crippen LogP contribution in [-0.2, 0) is 22.3 Å². The second-order valence-corrected chi connectivity index (χ2v) is 8.50. The number of hydrogen-bond donors (Lipinski definition) is 1. The number of nitrogens with one attached hydrogen (secondary N) is 1. The van der Waals surface area contributed by atoms with Crippen molar-refractivity contribution in [3.05, 3.63) is 84.3 Å². The van der Waals surface area contributed by atoms with E-state index in [1.54, 1.807) is 12.3 Å². The van der Waals surface area contributed by atoms with Crippen molar-refractivity contribution in [2.24, 2.45) is 5.92 Å². The number of piperidine rings is 1. The fraction of sp³-hybridized carbons (Fsp3) is 0.273. The van der Waals surface area contributed by atoms with Gasteiger partial charge in [-0.15, -0.1) is 0 Å². The molecule has 1 N–H and O–H groups in total. The molecule has 3 aromatic rings. The SMILES string of the molecule is O=C(NCc1ccno1)C1CCC(c2ccccc2)N(S(=O)c2ccccc2)C1. The lowest BCUT2D eigenvalue weighted by Gasteiger charge is -2.38. The fourth-order valence-electron chi connectivity index (χ4n) is 3.67. The van der Waals surface area contributed by atoms with Crippen molar-refractivity contribution in [2.45, 2.75) is 30.3 Å². The molecule has 4 rings (SSSR count). The van der Waals surface area contributed by atoms with Gasteiger partial charge in [0.05, 0.1) is 23.6 Å². The summed E-state index contributed by atoms with van der Waals surface area (Å²) in [4.78, 5) is 13.5. The molecule has 7 heteroatoms. The molecule has 0 radical (unpaired) electrons. The summed E-state index contributed by atoms with van der Waals surface area (Å²) in [5.74, 6) is 0.328. The Morgan fingerprint density at radius 2 is 1.79 bits per heavy atom. The zero-order valence-corrected chi connectivity index (χ0v) is 16.8.